The minimum absolute atomic E-state index is 0.135. The topological polar surface area (TPSA) is 72.5 Å². The van der Waals surface area contributed by atoms with Crippen LogP contribution in [-0.4, -0.2) is 27.5 Å². The normalized spacial score (nSPS) is 13.2. The standard InChI is InChI=1S/C13H18INO4S/c1-9(2)8-12(13(16)19-3)15-20(17,18)11-6-4-10(14)5-7-11/h4-7,9,12,15H,8H2,1-3H3. The van der Waals surface area contributed by atoms with E-state index in [0.717, 1.165) is 3.57 Å². The van der Waals surface area contributed by atoms with E-state index in [-0.39, 0.29) is 10.8 Å². The maximum absolute atomic E-state index is 12.2. The SMILES string of the molecule is COC(=O)C(CC(C)C)NS(=O)(=O)c1ccc(I)cc1. The van der Waals surface area contributed by atoms with E-state index in [0.29, 0.717) is 6.42 Å². The van der Waals surface area contributed by atoms with Gasteiger partial charge in [0.2, 0.25) is 10.0 Å². The van der Waals surface area contributed by atoms with E-state index in [9.17, 15) is 13.2 Å². The monoisotopic (exact) mass is 411 g/mol. The number of hydrogen-bond donors (Lipinski definition) is 1. The average molecular weight is 411 g/mol. The lowest BCUT2D eigenvalue weighted by molar-refractivity contribution is -0.143. The van der Waals surface area contributed by atoms with Gasteiger partial charge in [0.05, 0.1) is 12.0 Å². The summed E-state index contributed by atoms with van der Waals surface area (Å²) in [4.78, 5) is 11.8. The molecule has 1 atom stereocenters. The Morgan fingerprint density at radius 2 is 1.85 bits per heavy atom. The van der Waals surface area contributed by atoms with Crippen LogP contribution in [-0.2, 0) is 19.6 Å². The molecule has 1 aromatic rings. The summed E-state index contributed by atoms with van der Waals surface area (Å²) in [5.74, 6) is -0.411. The average Bonchev–Trinajstić information content (AvgIpc) is 2.36. The summed E-state index contributed by atoms with van der Waals surface area (Å²) in [7, 11) is -2.49. The van der Waals surface area contributed by atoms with Crippen LogP contribution in [0.2, 0.25) is 0 Å². The Hall–Kier alpha value is -0.670. The Morgan fingerprint density at radius 3 is 2.30 bits per heavy atom. The third-order valence-corrected chi connectivity index (χ3v) is 4.82. The molecule has 1 aromatic carbocycles. The van der Waals surface area contributed by atoms with Gasteiger partial charge in [0.15, 0.2) is 0 Å². The van der Waals surface area contributed by atoms with Crippen LogP contribution in [0.1, 0.15) is 20.3 Å². The molecule has 0 fully saturated rings. The van der Waals surface area contributed by atoms with E-state index in [4.69, 9.17) is 0 Å². The molecule has 1 unspecified atom stereocenters. The zero-order valence-electron chi connectivity index (χ0n) is 11.6. The Bertz CT molecular complexity index is 554. The lowest BCUT2D eigenvalue weighted by atomic mass is 10.1. The van der Waals surface area contributed by atoms with Crippen LogP contribution in [0, 0.1) is 9.49 Å². The number of carbonyl (C=O) groups excluding carboxylic acids is 1. The van der Waals surface area contributed by atoms with Gasteiger partial charge in [-0.05, 0) is 59.2 Å². The summed E-state index contributed by atoms with van der Waals surface area (Å²) in [6.07, 6.45) is 0.385. The van der Waals surface area contributed by atoms with Gasteiger partial charge in [-0.3, -0.25) is 4.79 Å². The number of nitrogens with one attached hydrogen (secondary N) is 1. The van der Waals surface area contributed by atoms with Crippen molar-refractivity contribution in [1.82, 2.24) is 4.72 Å². The fourth-order valence-electron chi connectivity index (χ4n) is 1.68. The zero-order valence-corrected chi connectivity index (χ0v) is 14.6. The number of halogens is 1. The molecular weight excluding hydrogens is 393 g/mol. The summed E-state index contributed by atoms with van der Waals surface area (Å²) in [6.45, 7) is 3.82. The molecule has 0 radical (unpaired) electrons. The Kier molecular flexibility index (Phi) is 6.41. The van der Waals surface area contributed by atoms with Crippen LogP contribution in [0.4, 0.5) is 0 Å². The van der Waals surface area contributed by atoms with E-state index in [1.807, 2.05) is 13.8 Å². The van der Waals surface area contributed by atoms with Crippen LogP contribution >= 0.6 is 22.6 Å². The second kappa shape index (κ2) is 7.37. The highest BCUT2D eigenvalue weighted by Crippen LogP contribution is 2.14. The number of hydrogen-bond acceptors (Lipinski definition) is 4. The first kappa shape index (κ1) is 17.4. The molecule has 112 valence electrons. The molecule has 0 amide bonds. The molecular formula is C13H18INO4S. The highest BCUT2D eigenvalue weighted by Gasteiger charge is 2.27. The summed E-state index contributed by atoms with van der Waals surface area (Å²) in [5, 5.41) is 0. The number of ether oxygens (including phenoxy) is 1. The molecule has 5 nitrogen and oxygen atoms in total. The summed E-state index contributed by atoms with van der Waals surface area (Å²) >= 11 is 2.09. The Labute approximate surface area is 133 Å². The zero-order chi connectivity index (χ0) is 15.3. The Balaban J connectivity index is 2.96. The fraction of sp³-hybridized carbons (Fsp3) is 0.462. The molecule has 1 rings (SSSR count). The van der Waals surface area contributed by atoms with Crippen molar-refractivity contribution in [1.29, 1.82) is 0 Å². The van der Waals surface area contributed by atoms with Gasteiger partial charge in [0.25, 0.3) is 0 Å². The predicted molar refractivity (Wildman–Crippen MR) is 84.7 cm³/mol. The highest BCUT2D eigenvalue weighted by atomic mass is 127. The molecule has 0 spiro atoms. The minimum atomic E-state index is -3.73. The van der Waals surface area contributed by atoms with Gasteiger partial charge in [-0.15, -0.1) is 0 Å². The third-order valence-electron chi connectivity index (χ3n) is 2.61. The van der Waals surface area contributed by atoms with Crippen LogP contribution in [0.25, 0.3) is 0 Å². The quantitative estimate of drug-likeness (QED) is 0.575. The van der Waals surface area contributed by atoms with Gasteiger partial charge in [-0.25, -0.2) is 8.42 Å². The molecule has 0 saturated carbocycles. The van der Waals surface area contributed by atoms with Gasteiger partial charge in [0, 0.05) is 3.57 Å². The molecule has 20 heavy (non-hydrogen) atoms. The lowest BCUT2D eigenvalue weighted by Crippen LogP contribution is -2.42. The highest BCUT2D eigenvalue weighted by molar-refractivity contribution is 14.1. The second-order valence-corrected chi connectivity index (χ2v) is 7.74. The second-order valence-electron chi connectivity index (χ2n) is 4.78. The largest absolute Gasteiger partial charge is 0.468 e. The number of esters is 1. The van der Waals surface area contributed by atoms with Crippen LogP contribution in [0.3, 0.4) is 0 Å². The smallest absolute Gasteiger partial charge is 0.323 e. The van der Waals surface area contributed by atoms with Crippen molar-refractivity contribution < 1.29 is 17.9 Å². The van der Waals surface area contributed by atoms with Crippen molar-refractivity contribution in [3.63, 3.8) is 0 Å². The molecule has 0 saturated heterocycles. The summed E-state index contributed by atoms with van der Waals surface area (Å²) < 4.78 is 32.5. The first-order valence-electron chi connectivity index (χ1n) is 6.12. The first-order chi connectivity index (χ1) is 9.26. The van der Waals surface area contributed by atoms with E-state index in [1.54, 1.807) is 12.1 Å². The van der Waals surface area contributed by atoms with E-state index in [1.165, 1.54) is 19.2 Å². The molecule has 0 bridgehead atoms. The van der Waals surface area contributed by atoms with Crippen molar-refractivity contribution in [2.75, 3.05) is 7.11 Å². The van der Waals surface area contributed by atoms with Crippen molar-refractivity contribution in [3.8, 4) is 0 Å². The van der Waals surface area contributed by atoms with Gasteiger partial charge in [-0.2, -0.15) is 4.72 Å². The first-order valence-corrected chi connectivity index (χ1v) is 8.68. The van der Waals surface area contributed by atoms with Crippen molar-refractivity contribution in [3.05, 3.63) is 27.8 Å². The number of carbonyl (C=O) groups is 1. The number of benzene rings is 1. The maximum atomic E-state index is 12.2. The number of sulfonamides is 1. The van der Waals surface area contributed by atoms with Crippen LogP contribution < -0.4 is 4.72 Å². The van der Waals surface area contributed by atoms with Crippen molar-refractivity contribution in [2.45, 2.75) is 31.2 Å². The molecule has 0 aliphatic heterocycles. The van der Waals surface area contributed by atoms with E-state index in [2.05, 4.69) is 32.0 Å². The molecule has 0 aliphatic carbocycles. The predicted octanol–water partition coefficient (Wildman–Crippen LogP) is 2.16. The van der Waals surface area contributed by atoms with E-state index < -0.39 is 22.0 Å². The van der Waals surface area contributed by atoms with Crippen molar-refractivity contribution in [2.24, 2.45) is 5.92 Å². The Morgan fingerprint density at radius 1 is 1.30 bits per heavy atom. The van der Waals surface area contributed by atoms with E-state index >= 15 is 0 Å². The molecule has 0 heterocycles. The van der Waals surface area contributed by atoms with Gasteiger partial charge >= 0.3 is 5.97 Å². The molecule has 1 N–H and O–H groups in total. The molecule has 0 aromatic heterocycles. The summed E-state index contributed by atoms with van der Waals surface area (Å²) in [6, 6.07) is 5.54. The number of methoxy groups -OCH3 is 1. The van der Waals surface area contributed by atoms with Crippen LogP contribution in [0.15, 0.2) is 29.2 Å². The van der Waals surface area contributed by atoms with Crippen molar-refractivity contribution >= 4 is 38.6 Å². The lowest BCUT2D eigenvalue weighted by Gasteiger charge is -2.18. The van der Waals surface area contributed by atoms with Crippen LogP contribution in [0.5, 0.6) is 0 Å². The van der Waals surface area contributed by atoms with Gasteiger partial charge in [-0.1, -0.05) is 13.8 Å². The molecule has 7 heteroatoms. The third kappa shape index (κ3) is 5.02. The fourth-order valence-corrected chi connectivity index (χ4v) is 3.23. The maximum Gasteiger partial charge on any atom is 0.323 e. The van der Waals surface area contributed by atoms with Gasteiger partial charge in [0.1, 0.15) is 6.04 Å². The molecule has 0 aliphatic rings. The van der Waals surface area contributed by atoms with Gasteiger partial charge < -0.3 is 4.74 Å². The summed E-state index contributed by atoms with van der Waals surface area (Å²) in [5.41, 5.74) is 0. The minimum Gasteiger partial charge on any atom is -0.468 e. The number of rotatable bonds is 6.